The molecule has 8 fully saturated rings. The number of pyridine rings is 8. The number of piperazine rings is 4. The molecule has 0 aromatic carbocycles. The fourth-order valence-corrected chi connectivity index (χ4v) is 25.0. The molecule has 0 spiro atoms. The summed E-state index contributed by atoms with van der Waals surface area (Å²) >= 11 is 12.0. The number of rotatable bonds is 19. The van der Waals surface area contributed by atoms with Crippen LogP contribution in [0.15, 0.2) is 160 Å². The second-order valence-electron chi connectivity index (χ2n) is 39.5. The monoisotopic (exact) mass is 2010 g/mol. The number of fused-ring (bicyclic) bond motifs is 4. The lowest BCUT2D eigenvalue weighted by Crippen LogP contribution is -2.49. The van der Waals surface area contributed by atoms with E-state index in [0.29, 0.717) is 42.9 Å². The summed E-state index contributed by atoms with van der Waals surface area (Å²) in [5.74, 6) is 4.93. The van der Waals surface area contributed by atoms with Gasteiger partial charge >= 0.3 is 0 Å². The van der Waals surface area contributed by atoms with Crippen LogP contribution in [0.5, 0.6) is 0 Å². The Morgan fingerprint density at radius 3 is 0.940 bits per heavy atom. The Labute approximate surface area is 821 Å². The maximum Gasteiger partial charge on any atom is 0.139 e. The van der Waals surface area contributed by atoms with E-state index in [4.69, 9.17) is 44.6 Å². The Kier molecular flexibility index (Phi) is 31.8. The van der Waals surface area contributed by atoms with Gasteiger partial charge in [-0.05, 0) is 330 Å². The van der Waals surface area contributed by atoms with Crippen molar-refractivity contribution in [2.75, 3.05) is 166 Å². The molecule has 8 saturated heterocycles. The van der Waals surface area contributed by atoms with Crippen molar-refractivity contribution in [3.8, 4) is 0 Å². The molecule has 25 nitrogen and oxygen atoms in total. The zero-order valence-corrected chi connectivity index (χ0v) is 87.2. The Bertz CT molecular complexity index is 5910. The summed E-state index contributed by atoms with van der Waals surface area (Å²) < 4.78 is 18.8. The van der Waals surface area contributed by atoms with Gasteiger partial charge in [0.15, 0.2) is 0 Å². The molecule has 0 aliphatic carbocycles. The third-order valence-electron chi connectivity index (χ3n) is 30.1. The van der Waals surface area contributed by atoms with Gasteiger partial charge in [0.05, 0.1) is 112 Å². The van der Waals surface area contributed by atoms with Gasteiger partial charge in [0, 0.05) is 142 Å². The fraction of sp³-hybridized carbons (Fsp3) is 0.547. The van der Waals surface area contributed by atoms with Crippen LogP contribution < -0.4 is 19.6 Å². The quantitative estimate of drug-likeness (QED) is 0.0748. The molecule has 0 radical (unpaired) electrons. The third kappa shape index (κ3) is 20.6. The first-order valence-electron chi connectivity index (χ1n) is 50.1. The largest absolute Gasteiger partial charge is 0.372 e. The summed E-state index contributed by atoms with van der Waals surface area (Å²) in [7, 11) is 8.85. The van der Waals surface area contributed by atoms with E-state index >= 15 is 0 Å². The van der Waals surface area contributed by atoms with E-state index in [-0.39, 0.29) is 30.3 Å². The highest BCUT2D eigenvalue weighted by molar-refractivity contribution is 9.11. The van der Waals surface area contributed by atoms with Crippen molar-refractivity contribution in [2.45, 2.75) is 233 Å². The highest BCUT2D eigenvalue weighted by atomic mass is 79.9. The number of aryl methyl sites for hydroxylation is 4. The molecule has 20 rings (SSSR count). The van der Waals surface area contributed by atoms with Gasteiger partial charge in [-0.2, -0.15) is 0 Å². The predicted octanol–water partition coefficient (Wildman–Crippen LogP) is 20.3. The Morgan fingerprint density at radius 1 is 0.321 bits per heavy atom. The van der Waals surface area contributed by atoms with Crippen molar-refractivity contribution < 1.29 is 4.74 Å². The number of anilines is 4. The van der Waals surface area contributed by atoms with Crippen LogP contribution in [-0.2, 0) is 11.3 Å². The summed E-state index contributed by atoms with van der Waals surface area (Å²) in [5.41, 5.74) is 19.9. The van der Waals surface area contributed by atoms with Gasteiger partial charge in [-0.15, -0.1) is 0 Å². The number of ether oxygens (including phenoxy) is 1. The van der Waals surface area contributed by atoms with Gasteiger partial charge in [0.25, 0.3) is 0 Å². The van der Waals surface area contributed by atoms with Gasteiger partial charge < -0.3 is 39.0 Å². The van der Waals surface area contributed by atoms with E-state index < -0.39 is 0 Å². The summed E-state index contributed by atoms with van der Waals surface area (Å²) in [6, 6.07) is 46.3. The molecule has 0 N–H and O–H groups in total. The number of hydrogen-bond acceptors (Lipinski definition) is 21. The number of likely N-dealkylation sites (N-methyl/N-ethyl adjacent to an activating group) is 3. The average Bonchev–Trinajstić information content (AvgIpc) is 1.60. The molecule has 716 valence electrons. The SMILES string of the molecule is CCN1[C@@H](c2nc3cccc(N4CCN(C(C)C)CC4)n3c2Br)CCC[C@H]1c1ncccc1C.CCN1[C@@H](c2nc3cccc(N4CCN(C)CC4)n3c2Br)CCC[C@H]1c1ncccc1C.Cc1cccnc1[C@@H]1CCC[C@H](c2nc3cccc(N4CCN(C)CC4)n3c2Br)N1C(C)C.Cc1cccnc1[C@@H]1CCC[C@H](c2nc3cccc(N4CCN(C)CC4)n3c2COC(C)C)N1C. The van der Waals surface area contributed by atoms with Crippen molar-refractivity contribution in [3.05, 3.63) is 233 Å². The number of likely N-dealkylation sites (tertiary alicyclic amines) is 4. The van der Waals surface area contributed by atoms with E-state index in [1.165, 1.54) is 99.7 Å². The summed E-state index contributed by atoms with van der Waals surface area (Å²) in [5, 5.41) is 0. The maximum atomic E-state index is 6.23. The Morgan fingerprint density at radius 2 is 0.604 bits per heavy atom. The van der Waals surface area contributed by atoms with E-state index in [0.717, 1.165) is 228 Å². The van der Waals surface area contributed by atoms with Crippen molar-refractivity contribution in [1.82, 2.24) is 96.7 Å². The van der Waals surface area contributed by atoms with Crippen molar-refractivity contribution in [1.29, 1.82) is 0 Å². The summed E-state index contributed by atoms with van der Waals surface area (Å²) in [4.78, 5) is 70.2. The van der Waals surface area contributed by atoms with E-state index in [1.54, 1.807) is 0 Å². The van der Waals surface area contributed by atoms with Crippen LogP contribution in [-0.4, -0.2) is 261 Å². The van der Waals surface area contributed by atoms with Gasteiger partial charge in [-0.3, -0.25) is 62.0 Å². The Hall–Kier alpha value is -8.36. The third-order valence-corrected chi connectivity index (χ3v) is 32.4. The second kappa shape index (κ2) is 43.8. The smallest absolute Gasteiger partial charge is 0.139 e. The molecule has 8 atom stereocenters. The van der Waals surface area contributed by atoms with Crippen LogP contribution in [0.3, 0.4) is 0 Å². The van der Waals surface area contributed by atoms with E-state index in [2.05, 4.69) is 333 Å². The molecule has 134 heavy (non-hydrogen) atoms. The maximum absolute atomic E-state index is 6.23. The molecular formula is C106H145Br3N24O. The predicted molar refractivity (Wildman–Crippen MR) is 555 cm³/mol. The van der Waals surface area contributed by atoms with Crippen molar-refractivity contribution >= 4 is 93.6 Å². The van der Waals surface area contributed by atoms with Crippen LogP contribution in [0, 0.1) is 27.7 Å². The molecule has 0 bridgehead atoms. The molecule has 20 heterocycles. The second-order valence-corrected chi connectivity index (χ2v) is 41.8. The highest BCUT2D eigenvalue weighted by Crippen LogP contribution is 2.50. The van der Waals surface area contributed by atoms with Crippen molar-refractivity contribution in [3.63, 3.8) is 0 Å². The minimum absolute atomic E-state index is 0.164. The normalized spacial score (nSPS) is 22.8. The van der Waals surface area contributed by atoms with Crippen LogP contribution in [0.4, 0.5) is 23.3 Å². The average molecular weight is 2010 g/mol. The minimum Gasteiger partial charge on any atom is -0.372 e. The lowest BCUT2D eigenvalue weighted by Gasteiger charge is -2.44. The van der Waals surface area contributed by atoms with Crippen LogP contribution >= 0.6 is 47.8 Å². The minimum atomic E-state index is 0.164. The van der Waals surface area contributed by atoms with Crippen molar-refractivity contribution in [2.24, 2.45) is 0 Å². The molecule has 0 unspecified atom stereocenters. The van der Waals surface area contributed by atoms with Crippen LogP contribution in [0.1, 0.15) is 254 Å². The Balaban J connectivity index is 0.000000124. The molecule has 8 aliphatic heterocycles. The van der Waals surface area contributed by atoms with Gasteiger partial charge in [0.2, 0.25) is 0 Å². The molecule has 0 amide bonds. The first-order chi connectivity index (χ1) is 65.0. The van der Waals surface area contributed by atoms with Gasteiger partial charge in [-0.25, -0.2) is 19.9 Å². The molecule has 12 aromatic heterocycles. The first kappa shape index (κ1) is 97.3. The van der Waals surface area contributed by atoms with Gasteiger partial charge in [0.1, 0.15) is 59.7 Å². The molecular weight excluding hydrogens is 1870 g/mol. The van der Waals surface area contributed by atoms with Crippen LogP contribution in [0.25, 0.3) is 22.6 Å². The zero-order chi connectivity index (χ0) is 93.7. The zero-order valence-electron chi connectivity index (χ0n) is 82.4. The fourth-order valence-electron chi connectivity index (χ4n) is 22.8. The van der Waals surface area contributed by atoms with E-state index in [1.807, 2.05) is 49.1 Å². The number of imidazole rings is 4. The number of piperidine rings is 4. The van der Waals surface area contributed by atoms with Crippen LogP contribution in [0.2, 0.25) is 0 Å². The molecule has 8 aliphatic rings. The number of halogens is 3. The molecule has 28 heteroatoms. The van der Waals surface area contributed by atoms with E-state index in [9.17, 15) is 0 Å². The standard InChI is InChI=1S/C28H40N6O.C27H37BrN6.C26H35BrN6.C25H33BrN6/c1-20(2)35-19-24-28(23-11-6-10-22(32(23)5)27-21(3)9-8-14-29-27)30-25-12-7-13-26(34(24)25)33-17-15-31(4)16-18-33;1-5-33-21(25-20(4)9-8-14-29-25)10-6-11-22(33)26-27(28)34-23(30-26)12-7-13-24(34)32-17-15-31(16-18-32)19(2)3;1-18(2)32-20(24-19(3)8-7-13-28-24)9-5-10-21(32)25-26(27)33-22(29-25)11-6-12-23(33)31-16-14-30(4)15-17-31;1-4-31-19(23-18(2)8-7-13-27-23)9-5-10-20(31)24-25(26)32-21(28-24)11-6-12-22(32)30-16-14-29(3)15-17-30/h7-9,12-14,20,22-23H,6,10-11,15-19H2,1-5H3;7-9,12-14,19,21-22H,5-6,10-11,15-18H2,1-4H3;6-8,11-13,18,20-21H,5,9-10,14-17H2,1-4H3;6-8,11-13,19-20H,4-5,9-10,14-17H2,1-3H3/t22-,23+;21-,22+;20-,21+;19-,20+/m0000/s1. The van der Waals surface area contributed by atoms with Gasteiger partial charge in [-0.1, -0.05) is 62.4 Å². The summed E-state index contributed by atoms with van der Waals surface area (Å²) in [6.07, 6.45) is 21.7. The molecule has 12 aromatic rings. The lowest BCUT2D eigenvalue weighted by molar-refractivity contribution is 0.0449. The number of hydrogen-bond donors (Lipinski definition) is 0. The lowest BCUT2D eigenvalue weighted by atomic mass is 9.89. The number of aromatic nitrogens is 12. The topological polar surface area (TPSA) is 169 Å². The highest BCUT2D eigenvalue weighted by Gasteiger charge is 2.43. The molecule has 0 saturated carbocycles. The summed E-state index contributed by atoms with van der Waals surface area (Å²) in [6.45, 7) is 46.2. The first-order valence-corrected chi connectivity index (χ1v) is 52.4. The number of nitrogens with zero attached hydrogens (tertiary/aromatic N) is 24.